The van der Waals surface area contributed by atoms with E-state index in [-0.39, 0.29) is 6.04 Å². The number of aryl methyl sites for hydroxylation is 2. The van der Waals surface area contributed by atoms with Crippen LogP contribution in [0.1, 0.15) is 34.2 Å². The van der Waals surface area contributed by atoms with Crippen LogP contribution in [0, 0.1) is 13.8 Å². The van der Waals surface area contributed by atoms with Crippen molar-refractivity contribution in [2.45, 2.75) is 33.2 Å². The molecule has 0 bridgehead atoms. The normalized spacial score (nSPS) is 12.9. The van der Waals surface area contributed by atoms with Crippen LogP contribution < -0.4 is 5.32 Å². The molecule has 0 radical (unpaired) electrons. The Bertz CT molecular complexity index is 692. The molecule has 0 aliphatic heterocycles. The molecule has 3 rings (SSSR count). The molecule has 110 valence electrons. The van der Waals surface area contributed by atoms with E-state index in [9.17, 15) is 0 Å². The highest BCUT2D eigenvalue weighted by atomic mass is 32.1. The van der Waals surface area contributed by atoms with Gasteiger partial charge in [-0.3, -0.25) is 0 Å². The molecule has 1 unspecified atom stereocenters. The average Bonchev–Trinajstić information content (AvgIpc) is 3.02. The van der Waals surface area contributed by atoms with Crippen molar-refractivity contribution in [3.8, 4) is 0 Å². The summed E-state index contributed by atoms with van der Waals surface area (Å²) in [5, 5.41) is 3.54. The van der Waals surface area contributed by atoms with Gasteiger partial charge in [0.1, 0.15) is 5.52 Å². The maximum absolute atomic E-state index is 5.86. The number of benzene rings is 1. The van der Waals surface area contributed by atoms with E-state index >= 15 is 0 Å². The number of para-hydroxylation sites is 2. The summed E-state index contributed by atoms with van der Waals surface area (Å²) in [6, 6.07) is 10.5. The molecule has 2 heterocycles. The standard InChI is InChI=1S/C17H20N2OS/c1-4-18-14(16-9-11(2)12(3)21-16)10-17-19-13-7-5-6-8-15(13)20-17/h5-9,14,18H,4,10H2,1-3H3. The molecule has 3 nitrogen and oxygen atoms in total. The molecule has 0 saturated heterocycles. The summed E-state index contributed by atoms with van der Waals surface area (Å²) in [4.78, 5) is 7.32. The first kappa shape index (κ1) is 14.3. The second kappa shape index (κ2) is 6.00. The molecule has 0 saturated carbocycles. The summed E-state index contributed by atoms with van der Waals surface area (Å²) in [6.45, 7) is 7.40. The maximum Gasteiger partial charge on any atom is 0.197 e. The van der Waals surface area contributed by atoms with Gasteiger partial charge in [0.05, 0.1) is 6.04 Å². The first-order chi connectivity index (χ1) is 10.2. The zero-order valence-electron chi connectivity index (χ0n) is 12.6. The molecule has 2 aromatic heterocycles. The first-order valence-corrected chi connectivity index (χ1v) is 8.13. The van der Waals surface area contributed by atoms with E-state index in [2.05, 4.69) is 37.1 Å². The van der Waals surface area contributed by atoms with Crippen molar-refractivity contribution in [2.75, 3.05) is 6.54 Å². The van der Waals surface area contributed by atoms with E-state index in [1.165, 1.54) is 15.3 Å². The predicted octanol–water partition coefficient (Wildman–Crippen LogP) is 4.40. The zero-order valence-corrected chi connectivity index (χ0v) is 13.5. The predicted molar refractivity (Wildman–Crippen MR) is 87.9 cm³/mol. The van der Waals surface area contributed by atoms with E-state index in [0.29, 0.717) is 0 Å². The fourth-order valence-electron chi connectivity index (χ4n) is 2.48. The maximum atomic E-state index is 5.86. The van der Waals surface area contributed by atoms with Crippen molar-refractivity contribution < 1.29 is 4.42 Å². The van der Waals surface area contributed by atoms with Crippen molar-refractivity contribution in [1.29, 1.82) is 0 Å². The summed E-state index contributed by atoms with van der Waals surface area (Å²) in [5.41, 5.74) is 3.15. The number of hydrogen-bond donors (Lipinski definition) is 1. The van der Waals surface area contributed by atoms with Gasteiger partial charge in [-0.05, 0) is 44.2 Å². The van der Waals surface area contributed by atoms with E-state index in [1.807, 2.05) is 35.6 Å². The second-order valence-electron chi connectivity index (χ2n) is 5.28. The molecular weight excluding hydrogens is 280 g/mol. The third-order valence-corrected chi connectivity index (χ3v) is 4.96. The largest absolute Gasteiger partial charge is 0.441 e. The lowest BCUT2D eigenvalue weighted by atomic mass is 10.1. The van der Waals surface area contributed by atoms with Crippen molar-refractivity contribution in [3.05, 3.63) is 51.5 Å². The number of rotatable bonds is 5. The van der Waals surface area contributed by atoms with Crippen LogP contribution in [0.15, 0.2) is 34.7 Å². The van der Waals surface area contributed by atoms with Crippen LogP contribution in [-0.4, -0.2) is 11.5 Å². The van der Waals surface area contributed by atoms with E-state index < -0.39 is 0 Å². The minimum atomic E-state index is 0.264. The molecular formula is C17H20N2OS. The number of oxazole rings is 1. The molecule has 4 heteroatoms. The van der Waals surface area contributed by atoms with Gasteiger partial charge >= 0.3 is 0 Å². The van der Waals surface area contributed by atoms with Crippen LogP contribution in [0.4, 0.5) is 0 Å². The minimum absolute atomic E-state index is 0.264. The Morgan fingerprint density at radius 3 is 2.76 bits per heavy atom. The number of nitrogens with zero attached hydrogens (tertiary/aromatic N) is 1. The van der Waals surface area contributed by atoms with Crippen molar-refractivity contribution >= 4 is 22.4 Å². The van der Waals surface area contributed by atoms with Gasteiger partial charge in [0.25, 0.3) is 0 Å². The van der Waals surface area contributed by atoms with E-state index in [0.717, 1.165) is 30.0 Å². The Kier molecular flexibility index (Phi) is 4.08. The summed E-state index contributed by atoms with van der Waals surface area (Å²) in [6.07, 6.45) is 0.780. The van der Waals surface area contributed by atoms with Crippen molar-refractivity contribution in [1.82, 2.24) is 10.3 Å². The van der Waals surface area contributed by atoms with Gasteiger partial charge in [0.15, 0.2) is 11.5 Å². The number of thiophene rings is 1. The molecule has 0 fully saturated rings. The zero-order chi connectivity index (χ0) is 14.8. The molecule has 0 amide bonds. The van der Waals surface area contributed by atoms with Gasteiger partial charge in [-0.15, -0.1) is 11.3 Å². The third kappa shape index (κ3) is 3.01. The van der Waals surface area contributed by atoms with Crippen LogP contribution in [0.3, 0.4) is 0 Å². The van der Waals surface area contributed by atoms with Crippen molar-refractivity contribution in [3.63, 3.8) is 0 Å². The SMILES string of the molecule is CCNC(Cc1nc2ccccc2o1)c1cc(C)c(C)s1. The summed E-state index contributed by atoms with van der Waals surface area (Å²) < 4.78 is 5.86. The Morgan fingerprint density at radius 2 is 2.10 bits per heavy atom. The lowest BCUT2D eigenvalue weighted by molar-refractivity contribution is 0.464. The Labute approximate surface area is 129 Å². The summed E-state index contributed by atoms with van der Waals surface area (Å²) >= 11 is 1.86. The molecule has 0 aliphatic rings. The van der Waals surface area contributed by atoms with Gasteiger partial charge in [0.2, 0.25) is 0 Å². The minimum Gasteiger partial charge on any atom is -0.441 e. The topological polar surface area (TPSA) is 38.1 Å². The fraction of sp³-hybridized carbons (Fsp3) is 0.353. The lowest BCUT2D eigenvalue weighted by Crippen LogP contribution is -2.22. The highest BCUT2D eigenvalue weighted by Gasteiger charge is 2.17. The quantitative estimate of drug-likeness (QED) is 0.759. The van der Waals surface area contributed by atoms with Crippen LogP contribution in [-0.2, 0) is 6.42 Å². The van der Waals surface area contributed by atoms with E-state index in [1.54, 1.807) is 0 Å². The van der Waals surface area contributed by atoms with Crippen LogP contribution in [0.25, 0.3) is 11.1 Å². The fourth-order valence-corrected chi connectivity index (χ4v) is 3.59. The molecule has 0 aliphatic carbocycles. The third-order valence-electron chi connectivity index (χ3n) is 3.70. The van der Waals surface area contributed by atoms with Gasteiger partial charge in [0, 0.05) is 16.2 Å². The van der Waals surface area contributed by atoms with Crippen molar-refractivity contribution in [2.24, 2.45) is 0 Å². The summed E-state index contributed by atoms with van der Waals surface area (Å²) in [7, 11) is 0. The van der Waals surface area contributed by atoms with Gasteiger partial charge < -0.3 is 9.73 Å². The van der Waals surface area contributed by atoms with Crippen LogP contribution >= 0.6 is 11.3 Å². The van der Waals surface area contributed by atoms with Gasteiger partial charge in [-0.2, -0.15) is 0 Å². The molecule has 1 N–H and O–H groups in total. The smallest absolute Gasteiger partial charge is 0.197 e. The Morgan fingerprint density at radius 1 is 1.29 bits per heavy atom. The number of likely N-dealkylation sites (N-methyl/N-ethyl adjacent to an activating group) is 1. The second-order valence-corrected chi connectivity index (χ2v) is 6.57. The first-order valence-electron chi connectivity index (χ1n) is 7.32. The number of nitrogens with one attached hydrogen (secondary N) is 1. The Hall–Kier alpha value is -1.65. The molecule has 1 atom stereocenters. The van der Waals surface area contributed by atoms with E-state index in [4.69, 9.17) is 4.42 Å². The lowest BCUT2D eigenvalue weighted by Gasteiger charge is -2.14. The number of fused-ring (bicyclic) bond motifs is 1. The molecule has 3 aromatic rings. The number of aromatic nitrogens is 1. The molecule has 0 spiro atoms. The molecule has 21 heavy (non-hydrogen) atoms. The van der Waals surface area contributed by atoms with Gasteiger partial charge in [-0.1, -0.05) is 19.1 Å². The monoisotopic (exact) mass is 300 g/mol. The number of hydrogen-bond acceptors (Lipinski definition) is 4. The summed E-state index contributed by atoms with van der Waals surface area (Å²) in [5.74, 6) is 0.797. The highest BCUT2D eigenvalue weighted by Crippen LogP contribution is 2.29. The highest BCUT2D eigenvalue weighted by molar-refractivity contribution is 7.12. The van der Waals surface area contributed by atoms with Crippen LogP contribution in [0.2, 0.25) is 0 Å². The average molecular weight is 300 g/mol. The van der Waals surface area contributed by atoms with Crippen LogP contribution in [0.5, 0.6) is 0 Å². The van der Waals surface area contributed by atoms with Gasteiger partial charge in [-0.25, -0.2) is 4.98 Å². The Balaban J connectivity index is 1.87. The molecule has 1 aromatic carbocycles.